The Hall–Kier alpha value is -3.00. The molecule has 3 aromatic rings. The number of aromatic nitrogens is 3. The molecule has 0 saturated carbocycles. The number of nitrogens with zero attached hydrogens (tertiary/aromatic N) is 4. The van der Waals surface area contributed by atoms with Gasteiger partial charge in [-0.2, -0.15) is 5.26 Å². The topological polar surface area (TPSA) is 74.5 Å². The molecule has 2 aromatic heterocycles. The first-order valence-electron chi connectivity index (χ1n) is 5.70. The maximum atomic E-state index is 8.79. The third-order valence-corrected chi connectivity index (χ3v) is 2.62. The van der Waals surface area contributed by atoms with Gasteiger partial charge in [0.1, 0.15) is 11.8 Å². The van der Waals surface area contributed by atoms with Crippen molar-refractivity contribution >= 4 is 22.5 Å². The largest absolute Gasteiger partial charge is 0.323 e. The van der Waals surface area contributed by atoms with Crippen LogP contribution in [0.4, 0.5) is 11.6 Å². The number of pyridine rings is 1. The van der Waals surface area contributed by atoms with E-state index in [2.05, 4.69) is 20.3 Å². The monoisotopic (exact) mass is 247 g/mol. The van der Waals surface area contributed by atoms with Gasteiger partial charge in [0.15, 0.2) is 0 Å². The van der Waals surface area contributed by atoms with E-state index in [0.717, 1.165) is 16.6 Å². The number of hydrogen-bond acceptors (Lipinski definition) is 5. The van der Waals surface area contributed by atoms with Gasteiger partial charge in [0.25, 0.3) is 0 Å². The molecule has 0 aliphatic rings. The summed E-state index contributed by atoms with van der Waals surface area (Å²) >= 11 is 0. The van der Waals surface area contributed by atoms with Gasteiger partial charge >= 0.3 is 0 Å². The second-order valence-electron chi connectivity index (χ2n) is 3.92. The fourth-order valence-corrected chi connectivity index (χ4v) is 1.75. The second kappa shape index (κ2) is 4.70. The van der Waals surface area contributed by atoms with Gasteiger partial charge in [0.2, 0.25) is 5.95 Å². The fourth-order valence-electron chi connectivity index (χ4n) is 1.75. The molecule has 90 valence electrons. The minimum absolute atomic E-state index is 0.325. The van der Waals surface area contributed by atoms with E-state index in [9.17, 15) is 0 Å². The van der Waals surface area contributed by atoms with Crippen molar-refractivity contribution in [1.29, 1.82) is 5.26 Å². The average molecular weight is 247 g/mol. The highest BCUT2D eigenvalue weighted by Crippen LogP contribution is 2.18. The van der Waals surface area contributed by atoms with Crippen LogP contribution >= 0.6 is 0 Å². The molecule has 1 N–H and O–H groups in total. The lowest BCUT2D eigenvalue weighted by atomic mass is 10.2. The third-order valence-electron chi connectivity index (χ3n) is 2.62. The maximum Gasteiger partial charge on any atom is 0.228 e. The van der Waals surface area contributed by atoms with Crippen LogP contribution in [0.5, 0.6) is 0 Å². The molecule has 0 fully saturated rings. The predicted octanol–water partition coefficient (Wildman–Crippen LogP) is 2.64. The molecule has 0 saturated heterocycles. The van der Waals surface area contributed by atoms with Gasteiger partial charge in [-0.3, -0.25) is 4.98 Å². The molecule has 0 aliphatic heterocycles. The molecule has 1 aromatic carbocycles. The molecule has 2 heterocycles. The standard InChI is InChI=1S/C14H9N5/c15-8-11-5-6-16-14(18-11)19-12-7-10-3-1-2-4-13(10)17-9-12/h1-7,9H,(H,16,18,19). The molecule has 0 aliphatic carbocycles. The molecule has 0 amide bonds. The van der Waals surface area contributed by atoms with Crippen LogP contribution in [0.25, 0.3) is 10.9 Å². The van der Waals surface area contributed by atoms with Crippen molar-refractivity contribution in [2.45, 2.75) is 0 Å². The van der Waals surface area contributed by atoms with Crippen molar-refractivity contribution in [1.82, 2.24) is 15.0 Å². The summed E-state index contributed by atoms with van der Waals surface area (Å²) in [6, 6.07) is 13.3. The SMILES string of the molecule is N#Cc1ccnc(Nc2cnc3ccccc3c2)n1. The third kappa shape index (κ3) is 2.33. The first kappa shape index (κ1) is 11.1. The summed E-state index contributed by atoms with van der Waals surface area (Å²) in [6.07, 6.45) is 3.26. The molecule has 5 nitrogen and oxygen atoms in total. The van der Waals surface area contributed by atoms with Gasteiger partial charge < -0.3 is 5.32 Å². The number of nitriles is 1. The highest BCUT2D eigenvalue weighted by Gasteiger charge is 2.01. The highest BCUT2D eigenvalue weighted by atomic mass is 15.1. The molecule has 0 atom stereocenters. The Bertz CT molecular complexity index is 776. The van der Waals surface area contributed by atoms with Crippen LogP contribution < -0.4 is 5.32 Å². The summed E-state index contributed by atoms with van der Waals surface area (Å²) < 4.78 is 0. The Balaban J connectivity index is 1.94. The summed E-state index contributed by atoms with van der Waals surface area (Å²) in [7, 11) is 0. The van der Waals surface area contributed by atoms with Gasteiger partial charge in [-0.15, -0.1) is 0 Å². The molecule has 19 heavy (non-hydrogen) atoms. The van der Waals surface area contributed by atoms with E-state index in [4.69, 9.17) is 5.26 Å². The first-order valence-corrected chi connectivity index (χ1v) is 5.70. The number of para-hydroxylation sites is 1. The molecule has 0 bridgehead atoms. The zero-order valence-corrected chi connectivity index (χ0v) is 9.91. The maximum absolute atomic E-state index is 8.79. The molecular weight excluding hydrogens is 238 g/mol. The smallest absolute Gasteiger partial charge is 0.228 e. The average Bonchev–Trinajstić information content (AvgIpc) is 2.47. The van der Waals surface area contributed by atoms with Crippen LogP contribution in [-0.2, 0) is 0 Å². The van der Waals surface area contributed by atoms with Crippen LogP contribution in [-0.4, -0.2) is 15.0 Å². The Labute approximate surface area is 109 Å². The first-order chi connectivity index (χ1) is 9.35. The summed E-state index contributed by atoms with van der Waals surface area (Å²) in [5.41, 5.74) is 2.04. The number of rotatable bonds is 2. The van der Waals surface area contributed by atoms with Crippen molar-refractivity contribution in [2.75, 3.05) is 5.32 Å². The van der Waals surface area contributed by atoms with Crippen molar-refractivity contribution < 1.29 is 0 Å². The van der Waals surface area contributed by atoms with E-state index in [0.29, 0.717) is 11.6 Å². The van der Waals surface area contributed by atoms with E-state index in [1.807, 2.05) is 36.4 Å². The summed E-state index contributed by atoms with van der Waals surface area (Å²) in [5, 5.41) is 12.9. The van der Waals surface area contributed by atoms with Crippen molar-refractivity contribution in [3.63, 3.8) is 0 Å². The van der Waals surface area contributed by atoms with Crippen LogP contribution in [0, 0.1) is 11.3 Å². The predicted molar refractivity (Wildman–Crippen MR) is 71.8 cm³/mol. The Morgan fingerprint density at radius 3 is 2.89 bits per heavy atom. The molecule has 0 radical (unpaired) electrons. The fraction of sp³-hybridized carbons (Fsp3) is 0. The lowest BCUT2D eigenvalue weighted by molar-refractivity contribution is 1.14. The van der Waals surface area contributed by atoms with Gasteiger partial charge in [0.05, 0.1) is 17.4 Å². The van der Waals surface area contributed by atoms with Gasteiger partial charge in [-0.25, -0.2) is 9.97 Å². The molecular formula is C14H9N5. The zero-order chi connectivity index (χ0) is 13.1. The van der Waals surface area contributed by atoms with E-state index in [1.54, 1.807) is 18.5 Å². The molecule has 3 rings (SSSR count). The van der Waals surface area contributed by atoms with E-state index in [-0.39, 0.29) is 0 Å². The van der Waals surface area contributed by atoms with Crippen LogP contribution in [0.3, 0.4) is 0 Å². The molecule has 5 heteroatoms. The molecule has 0 spiro atoms. The Morgan fingerprint density at radius 2 is 2.00 bits per heavy atom. The van der Waals surface area contributed by atoms with Crippen LogP contribution in [0.2, 0.25) is 0 Å². The van der Waals surface area contributed by atoms with Crippen molar-refractivity contribution in [2.24, 2.45) is 0 Å². The lowest BCUT2D eigenvalue weighted by Gasteiger charge is -2.05. The molecule has 0 unspecified atom stereocenters. The van der Waals surface area contributed by atoms with Crippen LogP contribution in [0.15, 0.2) is 48.8 Å². The van der Waals surface area contributed by atoms with E-state index < -0.39 is 0 Å². The number of anilines is 2. The lowest BCUT2D eigenvalue weighted by Crippen LogP contribution is -1.98. The van der Waals surface area contributed by atoms with E-state index in [1.165, 1.54) is 0 Å². The zero-order valence-electron chi connectivity index (χ0n) is 9.91. The van der Waals surface area contributed by atoms with Gasteiger partial charge in [-0.05, 0) is 18.2 Å². The van der Waals surface area contributed by atoms with E-state index >= 15 is 0 Å². The Kier molecular flexibility index (Phi) is 2.75. The number of fused-ring (bicyclic) bond motifs is 1. The summed E-state index contributed by atoms with van der Waals surface area (Å²) in [4.78, 5) is 12.5. The van der Waals surface area contributed by atoms with Crippen molar-refractivity contribution in [3.05, 3.63) is 54.5 Å². The number of nitrogens with one attached hydrogen (secondary N) is 1. The second-order valence-corrected chi connectivity index (χ2v) is 3.92. The summed E-state index contributed by atoms with van der Waals surface area (Å²) in [6.45, 7) is 0. The van der Waals surface area contributed by atoms with Crippen molar-refractivity contribution in [3.8, 4) is 6.07 Å². The van der Waals surface area contributed by atoms with Gasteiger partial charge in [0, 0.05) is 11.6 Å². The minimum Gasteiger partial charge on any atom is -0.323 e. The highest BCUT2D eigenvalue weighted by molar-refractivity contribution is 5.82. The number of benzene rings is 1. The number of hydrogen-bond donors (Lipinski definition) is 1. The quantitative estimate of drug-likeness (QED) is 0.753. The normalized spacial score (nSPS) is 10.1. The van der Waals surface area contributed by atoms with Crippen LogP contribution in [0.1, 0.15) is 5.69 Å². The Morgan fingerprint density at radius 1 is 1.11 bits per heavy atom. The minimum atomic E-state index is 0.325. The summed E-state index contributed by atoms with van der Waals surface area (Å²) in [5.74, 6) is 0.385. The van der Waals surface area contributed by atoms with Gasteiger partial charge in [-0.1, -0.05) is 18.2 Å².